The smallest absolute Gasteiger partial charge is 0.244 e. The third-order valence-electron chi connectivity index (χ3n) is 4.17. The Morgan fingerprint density at radius 1 is 1.14 bits per heavy atom. The Kier molecular flexibility index (Phi) is 4.13. The molecule has 0 bridgehead atoms. The van der Waals surface area contributed by atoms with E-state index < -0.39 is 5.54 Å². The Hall–Kier alpha value is -1.92. The Labute approximate surface area is 129 Å². The van der Waals surface area contributed by atoms with Crippen LogP contribution in [0.4, 0.5) is 11.4 Å². The number of amides is 2. The number of nitrogens with two attached hydrogens (primary N) is 1. The van der Waals surface area contributed by atoms with Gasteiger partial charge in [0, 0.05) is 30.5 Å². The van der Waals surface area contributed by atoms with Crippen molar-refractivity contribution >= 4 is 23.2 Å². The lowest BCUT2D eigenvalue weighted by atomic mass is 9.90. The summed E-state index contributed by atoms with van der Waals surface area (Å²) in [5.41, 5.74) is 6.59. The number of hydrogen-bond acceptors (Lipinski definition) is 4. The van der Waals surface area contributed by atoms with Gasteiger partial charge in [0.1, 0.15) is 5.54 Å². The highest BCUT2D eigenvalue weighted by atomic mass is 16.5. The summed E-state index contributed by atoms with van der Waals surface area (Å²) >= 11 is 0. The normalized spacial score (nSPS) is 20.2. The van der Waals surface area contributed by atoms with Crippen molar-refractivity contribution in [2.45, 2.75) is 31.2 Å². The molecule has 2 aliphatic rings. The van der Waals surface area contributed by atoms with E-state index in [9.17, 15) is 9.59 Å². The fourth-order valence-electron chi connectivity index (χ4n) is 2.48. The van der Waals surface area contributed by atoms with Crippen LogP contribution < -0.4 is 16.4 Å². The largest absolute Gasteiger partial charge is 0.381 e. The van der Waals surface area contributed by atoms with Gasteiger partial charge in [-0.05, 0) is 43.9 Å². The molecule has 0 atom stereocenters. The van der Waals surface area contributed by atoms with Crippen LogP contribution in [0.5, 0.6) is 0 Å². The molecule has 4 N–H and O–H groups in total. The monoisotopic (exact) mass is 303 g/mol. The summed E-state index contributed by atoms with van der Waals surface area (Å²) in [6, 6.07) is 7.14. The maximum absolute atomic E-state index is 12.4. The third-order valence-corrected chi connectivity index (χ3v) is 4.17. The molecule has 1 aromatic rings. The zero-order chi connectivity index (χ0) is 15.6. The number of hydrogen-bond donors (Lipinski definition) is 3. The van der Waals surface area contributed by atoms with Crippen LogP contribution in [0.1, 0.15) is 25.7 Å². The lowest BCUT2D eigenvalue weighted by molar-refractivity contribution is -0.124. The molecular weight excluding hydrogens is 282 g/mol. The van der Waals surface area contributed by atoms with Gasteiger partial charge in [-0.1, -0.05) is 6.07 Å². The minimum absolute atomic E-state index is 0.0446. The molecule has 118 valence electrons. The van der Waals surface area contributed by atoms with Crippen LogP contribution in [-0.2, 0) is 14.3 Å². The maximum Gasteiger partial charge on any atom is 0.244 e. The van der Waals surface area contributed by atoms with Crippen molar-refractivity contribution in [1.29, 1.82) is 0 Å². The van der Waals surface area contributed by atoms with Crippen LogP contribution in [0.25, 0.3) is 0 Å². The van der Waals surface area contributed by atoms with Gasteiger partial charge in [0.2, 0.25) is 11.8 Å². The Bertz CT molecular complexity index is 578. The summed E-state index contributed by atoms with van der Waals surface area (Å²) in [5.74, 6) is -0.0162. The highest BCUT2D eigenvalue weighted by Crippen LogP contribution is 2.30. The van der Waals surface area contributed by atoms with Crippen molar-refractivity contribution in [2.75, 3.05) is 23.8 Å². The number of ether oxygens (including phenoxy) is 1. The van der Waals surface area contributed by atoms with Crippen molar-refractivity contribution in [1.82, 2.24) is 0 Å². The van der Waals surface area contributed by atoms with Gasteiger partial charge >= 0.3 is 0 Å². The molecule has 1 aromatic carbocycles. The quantitative estimate of drug-likeness (QED) is 0.785. The number of carbonyl (C=O) groups is 2. The average Bonchev–Trinajstić information content (AvgIpc) is 3.33. The molecule has 0 spiro atoms. The summed E-state index contributed by atoms with van der Waals surface area (Å²) in [6.07, 6.45) is 2.94. The van der Waals surface area contributed by atoms with E-state index in [4.69, 9.17) is 10.5 Å². The first-order valence-corrected chi connectivity index (χ1v) is 7.66. The Balaban J connectivity index is 1.64. The van der Waals surface area contributed by atoms with Crippen molar-refractivity contribution < 1.29 is 14.3 Å². The van der Waals surface area contributed by atoms with Crippen LogP contribution in [0.15, 0.2) is 24.3 Å². The van der Waals surface area contributed by atoms with Crippen molar-refractivity contribution in [3.63, 3.8) is 0 Å². The second kappa shape index (κ2) is 6.06. The van der Waals surface area contributed by atoms with Gasteiger partial charge in [0.25, 0.3) is 0 Å². The zero-order valence-corrected chi connectivity index (χ0v) is 12.4. The molecular formula is C16H21N3O3. The van der Waals surface area contributed by atoms with Crippen LogP contribution in [0.2, 0.25) is 0 Å². The molecule has 0 radical (unpaired) electrons. The standard InChI is InChI=1S/C16H21N3O3/c17-16(6-8-22-9-7-16)15(21)19-13-3-1-2-12(10-13)18-14(20)11-4-5-11/h1-3,10-11H,4-9,17H2,(H,18,20)(H,19,21). The van der Waals surface area contributed by atoms with E-state index in [1.54, 1.807) is 18.2 Å². The van der Waals surface area contributed by atoms with Gasteiger partial charge < -0.3 is 21.1 Å². The second-order valence-corrected chi connectivity index (χ2v) is 6.07. The van der Waals surface area contributed by atoms with E-state index in [1.165, 1.54) is 0 Å². The van der Waals surface area contributed by atoms with Crippen molar-refractivity contribution in [3.05, 3.63) is 24.3 Å². The summed E-state index contributed by atoms with van der Waals surface area (Å²) < 4.78 is 5.25. The van der Waals surface area contributed by atoms with Crippen molar-refractivity contribution in [2.24, 2.45) is 11.7 Å². The molecule has 6 nitrogen and oxygen atoms in total. The number of nitrogens with one attached hydrogen (secondary N) is 2. The SMILES string of the molecule is NC1(C(=O)Nc2cccc(NC(=O)C3CC3)c2)CCOCC1. The molecule has 1 saturated heterocycles. The minimum atomic E-state index is -0.883. The van der Waals surface area contributed by atoms with Crippen LogP contribution in [0, 0.1) is 5.92 Å². The van der Waals surface area contributed by atoms with Gasteiger partial charge in [0.15, 0.2) is 0 Å². The topological polar surface area (TPSA) is 93.5 Å². The van der Waals surface area contributed by atoms with Gasteiger partial charge in [0.05, 0.1) is 0 Å². The maximum atomic E-state index is 12.4. The molecule has 1 aliphatic carbocycles. The molecule has 2 fully saturated rings. The van der Waals surface area contributed by atoms with E-state index in [1.807, 2.05) is 6.07 Å². The highest BCUT2D eigenvalue weighted by Gasteiger charge is 2.36. The van der Waals surface area contributed by atoms with E-state index in [0.717, 1.165) is 12.8 Å². The fourth-order valence-corrected chi connectivity index (χ4v) is 2.48. The Morgan fingerprint density at radius 2 is 1.77 bits per heavy atom. The van der Waals surface area contributed by atoms with Gasteiger partial charge in [-0.25, -0.2) is 0 Å². The van der Waals surface area contributed by atoms with Crippen LogP contribution in [-0.4, -0.2) is 30.6 Å². The molecule has 22 heavy (non-hydrogen) atoms. The van der Waals surface area contributed by atoms with Gasteiger partial charge in [-0.3, -0.25) is 9.59 Å². The molecule has 0 aromatic heterocycles. The molecule has 1 heterocycles. The molecule has 0 unspecified atom stereocenters. The molecule has 1 saturated carbocycles. The van der Waals surface area contributed by atoms with E-state index >= 15 is 0 Å². The average molecular weight is 303 g/mol. The van der Waals surface area contributed by atoms with Gasteiger partial charge in [-0.2, -0.15) is 0 Å². The van der Waals surface area contributed by atoms with Gasteiger partial charge in [-0.15, -0.1) is 0 Å². The number of benzene rings is 1. The van der Waals surface area contributed by atoms with E-state index in [0.29, 0.717) is 37.4 Å². The van der Waals surface area contributed by atoms with Crippen LogP contribution >= 0.6 is 0 Å². The summed E-state index contributed by atoms with van der Waals surface area (Å²) in [6.45, 7) is 1.00. The summed E-state index contributed by atoms with van der Waals surface area (Å²) in [4.78, 5) is 24.1. The predicted molar refractivity (Wildman–Crippen MR) is 83.4 cm³/mol. The number of carbonyl (C=O) groups excluding carboxylic acids is 2. The minimum Gasteiger partial charge on any atom is -0.381 e. The molecule has 1 aliphatic heterocycles. The number of rotatable bonds is 4. The number of anilines is 2. The van der Waals surface area contributed by atoms with E-state index in [-0.39, 0.29) is 17.7 Å². The second-order valence-electron chi connectivity index (χ2n) is 6.07. The predicted octanol–water partition coefficient (Wildman–Crippen LogP) is 1.48. The molecule has 2 amide bonds. The first-order valence-electron chi connectivity index (χ1n) is 7.66. The molecule has 6 heteroatoms. The van der Waals surface area contributed by atoms with Crippen LogP contribution in [0.3, 0.4) is 0 Å². The van der Waals surface area contributed by atoms with E-state index in [2.05, 4.69) is 10.6 Å². The third kappa shape index (κ3) is 3.45. The first-order chi connectivity index (χ1) is 10.6. The lowest BCUT2D eigenvalue weighted by Crippen LogP contribution is -2.54. The van der Waals surface area contributed by atoms with Crippen molar-refractivity contribution in [3.8, 4) is 0 Å². The highest BCUT2D eigenvalue weighted by molar-refractivity contribution is 5.99. The fraction of sp³-hybridized carbons (Fsp3) is 0.500. The summed E-state index contributed by atoms with van der Waals surface area (Å²) in [5, 5.41) is 5.70. The first kappa shape index (κ1) is 15.0. The Morgan fingerprint density at radius 3 is 2.41 bits per heavy atom. The lowest BCUT2D eigenvalue weighted by Gasteiger charge is -2.31. The molecule has 3 rings (SSSR count). The summed E-state index contributed by atoms with van der Waals surface area (Å²) in [7, 11) is 0. The zero-order valence-electron chi connectivity index (χ0n) is 12.4.